The lowest BCUT2D eigenvalue weighted by atomic mass is 9.30. The van der Waals surface area contributed by atoms with E-state index in [0.717, 1.165) is 50.7 Å². The lowest BCUT2D eigenvalue weighted by molar-refractivity contribution is -0.208. The number of hydrogen-bond acceptors (Lipinski definition) is 3. The summed E-state index contributed by atoms with van der Waals surface area (Å²) in [4.78, 5) is 21.8. The number of likely N-dealkylation sites (tertiary alicyclic amines) is 2. The predicted molar refractivity (Wildman–Crippen MR) is 119 cm³/mol. The number of nitrogens with one attached hydrogen (secondary N) is 1. The van der Waals surface area contributed by atoms with E-state index in [4.69, 9.17) is 4.98 Å². The van der Waals surface area contributed by atoms with Crippen LogP contribution in [0, 0.1) is 22.6 Å². The van der Waals surface area contributed by atoms with Gasteiger partial charge in [-0.15, -0.1) is 0 Å². The van der Waals surface area contributed by atoms with Crippen molar-refractivity contribution in [1.29, 1.82) is 0 Å². The van der Waals surface area contributed by atoms with E-state index in [0.29, 0.717) is 34.0 Å². The second kappa shape index (κ2) is 5.97. The Morgan fingerprint density at radius 3 is 2.36 bits per heavy atom. The standard InChI is InChI=1S/C26H30FN5O/c27-20-5-3-18(4-6-20)25-11-26(12-25,13-25)19-9-31(10-19)23(33)32-14-24(15-32)7-17(8-24)22-28-21(29-30-22)16-1-2-16/h3-6,16-17,19H,1-2,7-15H2,(H,28,29,30). The number of aromatic amines is 1. The van der Waals surface area contributed by atoms with Gasteiger partial charge in [-0.2, -0.15) is 5.10 Å². The van der Waals surface area contributed by atoms with Gasteiger partial charge in [-0.25, -0.2) is 14.2 Å². The summed E-state index contributed by atoms with van der Waals surface area (Å²) in [5.41, 5.74) is 2.37. The summed E-state index contributed by atoms with van der Waals surface area (Å²) in [5, 5.41) is 7.57. The molecule has 2 aliphatic heterocycles. The van der Waals surface area contributed by atoms with E-state index in [1.165, 1.54) is 37.7 Å². The third kappa shape index (κ3) is 2.56. The molecule has 1 N–H and O–H groups in total. The van der Waals surface area contributed by atoms with Crippen LogP contribution < -0.4 is 0 Å². The minimum Gasteiger partial charge on any atom is -0.324 e. The Bertz CT molecular complexity index is 1110. The highest BCUT2D eigenvalue weighted by Crippen LogP contribution is 2.77. The fourth-order valence-electron chi connectivity index (χ4n) is 7.96. The van der Waals surface area contributed by atoms with Crippen molar-refractivity contribution in [3.05, 3.63) is 47.3 Å². The molecular weight excluding hydrogens is 417 g/mol. The Balaban J connectivity index is 0.813. The van der Waals surface area contributed by atoms with E-state index < -0.39 is 0 Å². The van der Waals surface area contributed by atoms with Crippen LogP contribution >= 0.6 is 0 Å². The molecule has 1 aromatic carbocycles. The Labute approximate surface area is 192 Å². The average Bonchev–Trinajstić information content (AvgIpc) is 3.38. The van der Waals surface area contributed by atoms with Crippen molar-refractivity contribution in [2.24, 2.45) is 16.7 Å². The van der Waals surface area contributed by atoms with Crippen molar-refractivity contribution in [2.45, 2.75) is 62.2 Å². The van der Waals surface area contributed by atoms with Crippen LogP contribution in [0.1, 0.15) is 74.0 Å². The SMILES string of the molecule is O=C(N1CC(C23CC(c4ccc(F)cc4)(C2)C3)C1)N1CC2(CC(c3nc(C4CC4)n[nH]3)C2)C1. The Hall–Kier alpha value is -2.44. The second-order valence-electron chi connectivity index (χ2n) is 12.4. The molecule has 2 bridgehead atoms. The number of benzene rings is 1. The molecule has 2 amide bonds. The molecule has 172 valence electrons. The number of hydrogen-bond donors (Lipinski definition) is 1. The summed E-state index contributed by atoms with van der Waals surface area (Å²) in [6.45, 7) is 3.66. The minimum absolute atomic E-state index is 0.154. The van der Waals surface area contributed by atoms with Crippen LogP contribution in [0.2, 0.25) is 0 Å². The van der Waals surface area contributed by atoms with Gasteiger partial charge >= 0.3 is 6.03 Å². The molecule has 1 spiro atoms. The molecule has 9 rings (SSSR count). The van der Waals surface area contributed by atoms with Crippen molar-refractivity contribution < 1.29 is 9.18 Å². The highest BCUT2D eigenvalue weighted by Gasteiger charge is 2.72. The van der Waals surface area contributed by atoms with Crippen LogP contribution in [-0.4, -0.2) is 57.2 Å². The fourth-order valence-corrected chi connectivity index (χ4v) is 7.96. The summed E-state index contributed by atoms with van der Waals surface area (Å²) in [6, 6.07) is 7.36. The lowest BCUT2D eigenvalue weighted by Gasteiger charge is -2.76. The van der Waals surface area contributed by atoms with Crippen molar-refractivity contribution >= 4 is 6.03 Å². The molecule has 33 heavy (non-hydrogen) atoms. The minimum atomic E-state index is -0.154. The van der Waals surface area contributed by atoms with E-state index in [2.05, 4.69) is 20.0 Å². The topological polar surface area (TPSA) is 65.1 Å². The zero-order valence-corrected chi connectivity index (χ0v) is 18.9. The van der Waals surface area contributed by atoms with Crippen LogP contribution in [-0.2, 0) is 5.41 Å². The molecular formula is C26H30FN5O. The van der Waals surface area contributed by atoms with E-state index in [1.807, 2.05) is 12.1 Å². The monoisotopic (exact) mass is 447 g/mol. The van der Waals surface area contributed by atoms with E-state index in [9.17, 15) is 9.18 Å². The first kappa shape index (κ1) is 18.9. The van der Waals surface area contributed by atoms with E-state index >= 15 is 0 Å². The van der Waals surface area contributed by atoms with Gasteiger partial charge in [-0.1, -0.05) is 12.1 Å². The largest absolute Gasteiger partial charge is 0.324 e. The zero-order chi connectivity index (χ0) is 22.0. The molecule has 2 saturated heterocycles. The number of nitrogens with zero attached hydrogens (tertiary/aromatic N) is 4. The summed E-state index contributed by atoms with van der Waals surface area (Å²) in [5.74, 6) is 3.66. The van der Waals surface area contributed by atoms with Gasteiger partial charge < -0.3 is 9.80 Å². The van der Waals surface area contributed by atoms with Gasteiger partial charge in [0.2, 0.25) is 0 Å². The molecule has 0 unspecified atom stereocenters. The Morgan fingerprint density at radius 2 is 1.70 bits per heavy atom. The molecule has 5 saturated carbocycles. The van der Waals surface area contributed by atoms with E-state index in [-0.39, 0.29) is 11.8 Å². The molecule has 2 aromatic rings. The zero-order valence-electron chi connectivity index (χ0n) is 18.9. The summed E-state index contributed by atoms with van der Waals surface area (Å²) in [6.07, 6.45) is 8.39. The molecule has 0 atom stereocenters. The quantitative estimate of drug-likeness (QED) is 0.765. The molecule has 7 heteroatoms. The average molecular weight is 448 g/mol. The number of halogens is 1. The van der Waals surface area contributed by atoms with Crippen molar-refractivity contribution in [1.82, 2.24) is 25.0 Å². The molecule has 0 radical (unpaired) electrons. The maximum atomic E-state index is 13.2. The number of aromatic nitrogens is 3. The van der Waals surface area contributed by atoms with Gasteiger partial charge in [0.15, 0.2) is 5.82 Å². The summed E-state index contributed by atoms with van der Waals surface area (Å²) in [7, 11) is 0. The highest BCUT2D eigenvalue weighted by atomic mass is 19.1. The third-order valence-electron chi connectivity index (χ3n) is 10.1. The van der Waals surface area contributed by atoms with Crippen LogP contribution in [0.4, 0.5) is 9.18 Å². The number of H-pyrrole nitrogens is 1. The normalized spacial score (nSPS) is 34.2. The van der Waals surface area contributed by atoms with Crippen LogP contribution in [0.5, 0.6) is 0 Å². The van der Waals surface area contributed by atoms with Crippen LogP contribution in [0.3, 0.4) is 0 Å². The fraction of sp³-hybridized carbons (Fsp3) is 0.654. The number of carbonyl (C=O) groups is 1. The van der Waals surface area contributed by atoms with Gasteiger partial charge in [0, 0.05) is 43.4 Å². The predicted octanol–water partition coefficient (Wildman–Crippen LogP) is 4.17. The smallest absolute Gasteiger partial charge is 0.320 e. The molecule has 7 fully saturated rings. The number of urea groups is 1. The van der Waals surface area contributed by atoms with Gasteiger partial charge in [0.05, 0.1) is 0 Å². The Kier molecular flexibility index (Phi) is 3.42. The summed E-state index contributed by atoms with van der Waals surface area (Å²) >= 11 is 0. The third-order valence-corrected chi connectivity index (χ3v) is 10.1. The molecule has 1 aromatic heterocycles. The van der Waals surface area contributed by atoms with Gasteiger partial charge in [0.1, 0.15) is 11.6 Å². The summed E-state index contributed by atoms with van der Waals surface area (Å²) < 4.78 is 13.2. The number of carbonyl (C=O) groups excluding carboxylic acids is 1. The Morgan fingerprint density at radius 1 is 1.00 bits per heavy atom. The molecule has 7 aliphatic rings. The molecule has 5 aliphatic carbocycles. The maximum Gasteiger partial charge on any atom is 0.320 e. The van der Waals surface area contributed by atoms with Crippen molar-refractivity contribution in [2.75, 3.05) is 26.2 Å². The molecule has 6 nitrogen and oxygen atoms in total. The van der Waals surface area contributed by atoms with E-state index in [1.54, 1.807) is 12.1 Å². The van der Waals surface area contributed by atoms with Gasteiger partial charge in [-0.3, -0.25) is 5.10 Å². The highest BCUT2D eigenvalue weighted by molar-refractivity contribution is 5.76. The number of rotatable bonds is 4. The maximum absolute atomic E-state index is 13.2. The first-order valence-corrected chi connectivity index (χ1v) is 12.7. The lowest BCUT2D eigenvalue weighted by Crippen LogP contribution is -2.74. The van der Waals surface area contributed by atoms with Gasteiger partial charge in [-0.05, 0) is 79.4 Å². The molecule has 3 heterocycles. The van der Waals surface area contributed by atoms with Crippen LogP contribution in [0.25, 0.3) is 0 Å². The van der Waals surface area contributed by atoms with Gasteiger partial charge in [0.25, 0.3) is 0 Å². The number of amides is 2. The van der Waals surface area contributed by atoms with Crippen molar-refractivity contribution in [3.63, 3.8) is 0 Å². The van der Waals surface area contributed by atoms with Crippen molar-refractivity contribution in [3.8, 4) is 0 Å². The second-order valence-corrected chi connectivity index (χ2v) is 12.4. The first-order valence-electron chi connectivity index (χ1n) is 12.7. The first-order chi connectivity index (χ1) is 15.9. The van der Waals surface area contributed by atoms with Crippen LogP contribution in [0.15, 0.2) is 24.3 Å².